The van der Waals surface area contributed by atoms with Crippen LogP contribution in [-0.2, 0) is 17.0 Å². The first kappa shape index (κ1) is 11.9. The van der Waals surface area contributed by atoms with Gasteiger partial charge in [0.05, 0.1) is 6.61 Å². The van der Waals surface area contributed by atoms with Crippen LogP contribution in [-0.4, -0.2) is 36.7 Å². The van der Waals surface area contributed by atoms with Gasteiger partial charge >= 0.3 is 0 Å². The van der Waals surface area contributed by atoms with Gasteiger partial charge in [0.25, 0.3) is 0 Å². The molecule has 0 aromatic carbocycles. The third kappa shape index (κ3) is 4.36. The maximum absolute atomic E-state index is 4.93. The maximum Gasteiger partial charge on any atom is 0.131 e. The van der Waals surface area contributed by atoms with Crippen molar-refractivity contribution in [1.82, 2.24) is 15.5 Å². The molecule has 0 aliphatic rings. The first-order valence-electron chi connectivity index (χ1n) is 4.36. The highest BCUT2D eigenvalue weighted by molar-refractivity contribution is 7.97. The Bertz CT molecular complexity index is 254. The van der Waals surface area contributed by atoms with Gasteiger partial charge in [-0.2, -0.15) is 11.8 Å². The predicted octanol–water partition coefficient (Wildman–Crippen LogP) is 1.14. The lowest BCUT2D eigenvalue weighted by Gasteiger charge is -1.99. The summed E-state index contributed by atoms with van der Waals surface area (Å²) in [5, 5.41) is 13.5. The SMILES string of the molecule is COCCNCc1nnc(CSC)s1. The van der Waals surface area contributed by atoms with E-state index in [2.05, 4.69) is 21.8 Å². The molecule has 0 radical (unpaired) electrons. The molecule has 0 fully saturated rings. The molecular formula is C8H15N3OS2. The van der Waals surface area contributed by atoms with Crippen molar-refractivity contribution in [3.63, 3.8) is 0 Å². The molecule has 0 saturated heterocycles. The van der Waals surface area contributed by atoms with E-state index in [0.29, 0.717) is 0 Å². The van der Waals surface area contributed by atoms with Crippen molar-refractivity contribution in [3.05, 3.63) is 10.0 Å². The number of nitrogens with zero attached hydrogens (tertiary/aromatic N) is 2. The molecule has 0 aliphatic heterocycles. The zero-order chi connectivity index (χ0) is 10.2. The van der Waals surface area contributed by atoms with Gasteiger partial charge in [0.1, 0.15) is 10.0 Å². The van der Waals surface area contributed by atoms with Gasteiger partial charge in [-0.1, -0.05) is 11.3 Å². The predicted molar refractivity (Wildman–Crippen MR) is 60.7 cm³/mol. The van der Waals surface area contributed by atoms with Gasteiger partial charge in [-0.15, -0.1) is 10.2 Å². The molecule has 14 heavy (non-hydrogen) atoms. The van der Waals surface area contributed by atoms with E-state index in [-0.39, 0.29) is 0 Å². The Morgan fingerprint density at radius 1 is 1.43 bits per heavy atom. The Hall–Kier alpha value is -0.170. The molecule has 80 valence electrons. The number of aromatic nitrogens is 2. The summed E-state index contributed by atoms with van der Waals surface area (Å²) in [6.07, 6.45) is 2.07. The lowest BCUT2D eigenvalue weighted by Crippen LogP contribution is -2.18. The maximum atomic E-state index is 4.93. The minimum Gasteiger partial charge on any atom is -0.383 e. The Kier molecular flexibility index (Phi) is 6.09. The Labute approximate surface area is 92.5 Å². The molecule has 1 rings (SSSR count). The van der Waals surface area contributed by atoms with Gasteiger partial charge in [-0.25, -0.2) is 0 Å². The van der Waals surface area contributed by atoms with E-state index < -0.39 is 0 Å². The second-order valence-corrected chi connectivity index (χ2v) is 4.70. The highest BCUT2D eigenvalue weighted by Crippen LogP contribution is 2.14. The number of hydrogen-bond acceptors (Lipinski definition) is 6. The molecule has 0 atom stereocenters. The number of rotatable bonds is 7. The molecule has 1 heterocycles. The summed E-state index contributed by atoms with van der Waals surface area (Å²) in [5.41, 5.74) is 0. The minimum atomic E-state index is 0.733. The molecule has 0 spiro atoms. The van der Waals surface area contributed by atoms with Crippen molar-refractivity contribution in [2.75, 3.05) is 26.5 Å². The average molecular weight is 233 g/mol. The fraction of sp³-hybridized carbons (Fsp3) is 0.750. The van der Waals surface area contributed by atoms with Gasteiger partial charge in [0, 0.05) is 26.0 Å². The smallest absolute Gasteiger partial charge is 0.131 e. The lowest BCUT2D eigenvalue weighted by atomic mass is 10.6. The van der Waals surface area contributed by atoms with Gasteiger partial charge in [-0.05, 0) is 6.26 Å². The van der Waals surface area contributed by atoms with Crippen LogP contribution in [0.5, 0.6) is 0 Å². The third-order valence-corrected chi connectivity index (χ3v) is 3.20. The largest absolute Gasteiger partial charge is 0.383 e. The second kappa shape index (κ2) is 7.17. The van der Waals surface area contributed by atoms with Crippen molar-refractivity contribution >= 4 is 23.1 Å². The van der Waals surface area contributed by atoms with Crippen LogP contribution in [0.2, 0.25) is 0 Å². The van der Waals surface area contributed by atoms with E-state index in [1.165, 1.54) is 0 Å². The molecule has 6 heteroatoms. The van der Waals surface area contributed by atoms with E-state index in [9.17, 15) is 0 Å². The molecule has 0 unspecified atom stereocenters. The van der Waals surface area contributed by atoms with Crippen molar-refractivity contribution < 1.29 is 4.74 Å². The summed E-state index contributed by atoms with van der Waals surface area (Å²) in [7, 11) is 1.70. The summed E-state index contributed by atoms with van der Waals surface area (Å²) < 4.78 is 4.93. The third-order valence-electron chi connectivity index (χ3n) is 1.54. The lowest BCUT2D eigenvalue weighted by molar-refractivity contribution is 0.199. The van der Waals surface area contributed by atoms with Gasteiger partial charge in [0.15, 0.2) is 0 Å². The Morgan fingerprint density at radius 3 is 2.93 bits per heavy atom. The summed E-state index contributed by atoms with van der Waals surface area (Å²) in [6, 6.07) is 0. The van der Waals surface area contributed by atoms with Crippen LogP contribution in [0.1, 0.15) is 10.0 Å². The average Bonchev–Trinajstić information content (AvgIpc) is 2.61. The van der Waals surface area contributed by atoms with Crippen molar-refractivity contribution in [1.29, 1.82) is 0 Å². The van der Waals surface area contributed by atoms with Crippen LogP contribution in [0.25, 0.3) is 0 Å². The number of ether oxygens (including phenoxy) is 1. The second-order valence-electron chi connectivity index (χ2n) is 2.69. The van der Waals surface area contributed by atoms with Gasteiger partial charge in [0.2, 0.25) is 0 Å². The van der Waals surface area contributed by atoms with Crippen molar-refractivity contribution in [2.45, 2.75) is 12.3 Å². The zero-order valence-corrected chi connectivity index (χ0v) is 10.1. The minimum absolute atomic E-state index is 0.733. The molecule has 4 nitrogen and oxygen atoms in total. The first-order chi connectivity index (χ1) is 6.86. The van der Waals surface area contributed by atoms with E-state index in [4.69, 9.17) is 4.74 Å². The molecule has 0 saturated carbocycles. The molecular weight excluding hydrogens is 218 g/mol. The van der Waals surface area contributed by atoms with Gasteiger partial charge in [-0.3, -0.25) is 0 Å². The van der Waals surface area contributed by atoms with Gasteiger partial charge < -0.3 is 10.1 Å². The summed E-state index contributed by atoms with van der Waals surface area (Å²) >= 11 is 3.44. The van der Waals surface area contributed by atoms with Crippen LogP contribution in [0.15, 0.2) is 0 Å². The van der Waals surface area contributed by atoms with Crippen LogP contribution in [0.4, 0.5) is 0 Å². The van der Waals surface area contributed by atoms with Crippen LogP contribution in [0, 0.1) is 0 Å². The van der Waals surface area contributed by atoms with Crippen LogP contribution >= 0.6 is 23.1 Å². The molecule has 0 amide bonds. The number of thioether (sulfide) groups is 1. The standard InChI is InChI=1S/C8H15N3OS2/c1-12-4-3-9-5-7-10-11-8(14-7)6-13-2/h9H,3-6H2,1-2H3. The normalized spacial score (nSPS) is 10.7. The molecule has 1 N–H and O–H groups in total. The summed E-state index contributed by atoms with van der Waals surface area (Å²) in [6.45, 7) is 2.37. The number of hydrogen-bond donors (Lipinski definition) is 1. The molecule has 0 aliphatic carbocycles. The molecule has 1 aromatic rings. The van der Waals surface area contributed by atoms with Crippen LogP contribution < -0.4 is 5.32 Å². The fourth-order valence-electron chi connectivity index (χ4n) is 0.911. The summed E-state index contributed by atoms with van der Waals surface area (Å²) in [5.74, 6) is 0.954. The fourth-order valence-corrected chi connectivity index (χ4v) is 2.41. The summed E-state index contributed by atoms with van der Waals surface area (Å²) in [4.78, 5) is 0. The molecule has 1 aromatic heterocycles. The highest BCUT2D eigenvalue weighted by atomic mass is 32.2. The van der Waals surface area contributed by atoms with E-state index >= 15 is 0 Å². The highest BCUT2D eigenvalue weighted by Gasteiger charge is 2.02. The van der Waals surface area contributed by atoms with E-state index in [1.54, 1.807) is 30.2 Å². The van der Waals surface area contributed by atoms with Crippen molar-refractivity contribution in [3.8, 4) is 0 Å². The molecule has 0 bridgehead atoms. The monoisotopic (exact) mass is 233 g/mol. The van der Waals surface area contributed by atoms with Crippen molar-refractivity contribution in [2.24, 2.45) is 0 Å². The topological polar surface area (TPSA) is 47.0 Å². The first-order valence-corrected chi connectivity index (χ1v) is 6.57. The Balaban J connectivity index is 2.22. The Morgan fingerprint density at radius 2 is 2.21 bits per heavy atom. The zero-order valence-electron chi connectivity index (χ0n) is 8.45. The van der Waals surface area contributed by atoms with E-state index in [0.717, 1.165) is 35.5 Å². The van der Waals surface area contributed by atoms with E-state index in [1.807, 2.05) is 0 Å². The van der Waals surface area contributed by atoms with Crippen LogP contribution in [0.3, 0.4) is 0 Å². The number of methoxy groups -OCH3 is 1. The quantitative estimate of drug-likeness (QED) is 0.716. The number of nitrogens with one attached hydrogen (secondary N) is 1.